The molecule has 0 saturated heterocycles. The summed E-state index contributed by atoms with van der Waals surface area (Å²) in [6, 6.07) is 7.60. The van der Waals surface area contributed by atoms with Crippen LogP contribution in [0.3, 0.4) is 0 Å². The van der Waals surface area contributed by atoms with E-state index in [1.54, 1.807) is 17.8 Å². The number of nitrogens with one attached hydrogen (secondary N) is 1. The van der Waals surface area contributed by atoms with Gasteiger partial charge in [-0.15, -0.1) is 0 Å². The van der Waals surface area contributed by atoms with Gasteiger partial charge in [0.25, 0.3) is 0 Å². The zero-order valence-corrected chi connectivity index (χ0v) is 11.0. The van der Waals surface area contributed by atoms with Gasteiger partial charge in [-0.2, -0.15) is 5.10 Å². The summed E-state index contributed by atoms with van der Waals surface area (Å²) in [5.41, 5.74) is 2.51. The second-order valence-electron chi connectivity index (χ2n) is 3.93. The van der Waals surface area contributed by atoms with E-state index in [-0.39, 0.29) is 0 Å². The lowest BCUT2D eigenvalue weighted by molar-refractivity contribution is 0.151. The Morgan fingerprint density at radius 1 is 1.47 bits per heavy atom. The summed E-state index contributed by atoms with van der Waals surface area (Å²) in [5.74, 6) is 0. The first-order valence-electron chi connectivity index (χ1n) is 6.05. The molecule has 2 aromatic rings. The van der Waals surface area contributed by atoms with Crippen molar-refractivity contribution < 1.29 is 9.53 Å². The monoisotopic (exact) mass is 260 g/mol. The Morgan fingerprint density at radius 3 is 3.00 bits per heavy atom. The number of nitrogens with zero attached hydrogens (tertiary/aromatic N) is 3. The quantitative estimate of drug-likeness (QED) is 0.909. The zero-order chi connectivity index (χ0) is 13.7. The molecule has 0 bridgehead atoms. The van der Waals surface area contributed by atoms with Crippen molar-refractivity contribution in [1.29, 1.82) is 0 Å². The zero-order valence-electron chi connectivity index (χ0n) is 11.0. The van der Waals surface area contributed by atoms with Crippen LogP contribution < -0.4 is 5.32 Å². The summed E-state index contributed by atoms with van der Waals surface area (Å²) in [6.45, 7) is 2.45. The maximum absolute atomic E-state index is 11.2. The molecule has 0 aliphatic carbocycles. The molecular weight excluding hydrogens is 244 g/mol. The van der Waals surface area contributed by atoms with Gasteiger partial charge in [0, 0.05) is 13.2 Å². The Hall–Kier alpha value is -2.37. The normalized spacial score (nSPS) is 10.2. The second-order valence-corrected chi connectivity index (χ2v) is 3.93. The molecule has 1 N–H and O–H groups in total. The molecule has 2 aromatic heterocycles. The van der Waals surface area contributed by atoms with Gasteiger partial charge in [0.2, 0.25) is 0 Å². The SMILES string of the molecule is CCOC(=O)NCc1cc(-c2ccccn2)n(C)n1. The lowest BCUT2D eigenvalue weighted by Gasteiger charge is -2.02. The van der Waals surface area contributed by atoms with Crippen molar-refractivity contribution in [2.24, 2.45) is 7.05 Å². The van der Waals surface area contributed by atoms with Crippen LogP contribution in [-0.2, 0) is 18.3 Å². The van der Waals surface area contributed by atoms with Gasteiger partial charge >= 0.3 is 6.09 Å². The van der Waals surface area contributed by atoms with Crippen molar-refractivity contribution in [3.63, 3.8) is 0 Å². The molecule has 0 unspecified atom stereocenters. The van der Waals surface area contributed by atoms with Crippen molar-refractivity contribution in [3.8, 4) is 11.4 Å². The van der Waals surface area contributed by atoms with Crippen LogP contribution in [0.5, 0.6) is 0 Å². The highest BCUT2D eigenvalue weighted by atomic mass is 16.5. The number of hydrogen-bond acceptors (Lipinski definition) is 4. The fourth-order valence-corrected chi connectivity index (χ4v) is 1.71. The van der Waals surface area contributed by atoms with Crippen molar-refractivity contribution in [1.82, 2.24) is 20.1 Å². The molecule has 19 heavy (non-hydrogen) atoms. The third-order valence-electron chi connectivity index (χ3n) is 2.55. The summed E-state index contributed by atoms with van der Waals surface area (Å²) < 4.78 is 6.53. The number of aromatic nitrogens is 3. The van der Waals surface area contributed by atoms with E-state index in [1.165, 1.54) is 0 Å². The molecule has 2 rings (SSSR count). The lowest BCUT2D eigenvalue weighted by Crippen LogP contribution is -2.23. The van der Waals surface area contributed by atoms with E-state index in [0.29, 0.717) is 13.2 Å². The Labute approximate surface area is 111 Å². The summed E-state index contributed by atoms with van der Waals surface area (Å²) in [6.07, 6.45) is 1.30. The maximum atomic E-state index is 11.2. The molecule has 0 atom stereocenters. The van der Waals surface area contributed by atoms with Gasteiger partial charge in [-0.1, -0.05) is 6.07 Å². The van der Waals surface area contributed by atoms with Gasteiger partial charge in [-0.05, 0) is 25.1 Å². The molecule has 1 amide bonds. The number of carbonyl (C=O) groups excluding carboxylic acids is 1. The standard InChI is InChI=1S/C13H16N4O2/c1-3-19-13(18)15-9-10-8-12(17(2)16-10)11-6-4-5-7-14-11/h4-8H,3,9H2,1-2H3,(H,15,18). The van der Waals surface area contributed by atoms with Crippen molar-refractivity contribution >= 4 is 6.09 Å². The topological polar surface area (TPSA) is 69.0 Å². The van der Waals surface area contributed by atoms with Crippen LogP contribution in [0.1, 0.15) is 12.6 Å². The second kappa shape index (κ2) is 5.99. The van der Waals surface area contributed by atoms with E-state index >= 15 is 0 Å². The largest absolute Gasteiger partial charge is 0.450 e. The Balaban J connectivity index is 2.07. The molecule has 0 saturated carbocycles. The van der Waals surface area contributed by atoms with E-state index in [9.17, 15) is 4.79 Å². The highest BCUT2D eigenvalue weighted by Crippen LogP contribution is 2.16. The van der Waals surface area contributed by atoms with E-state index in [4.69, 9.17) is 4.74 Å². The molecule has 0 spiro atoms. The number of hydrogen-bond donors (Lipinski definition) is 1. The van der Waals surface area contributed by atoms with Crippen LogP contribution in [-0.4, -0.2) is 27.5 Å². The van der Waals surface area contributed by atoms with E-state index in [1.807, 2.05) is 31.3 Å². The van der Waals surface area contributed by atoms with Gasteiger partial charge in [0.15, 0.2) is 0 Å². The summed E-state index contributed by atoms with van der Waals surface area (Å²) in [4.78, 5) is 15.5. The van der Waals surface area contributed by atoms with Gasteiger partial charge in [-0.3, -0.25) is 9.67 Å². The Bertz CT molecular complexity index is 551. The molecule has 0 radical (unpaired) electrons. The predicted octanol–water partition coefficient (Wildman–Crippen LogP) is 1.73. The van der Waals surface area contributed by atoms with Gasteiger partial charge in [0.1, 0.15) is 0 Å². The van der Waals surface area contributed by atoms with Crippen LogP contribution in [0.25, 0.3) is 11.4 Å². The van der Waals surface area contributed by atoms with Crippen molar-refractivity contribution in [2.75, 3.05) is 6.61 Å². The Kier molecular flexibility index (Phi) is 4.12. The van der Waals surface area contributed by atoms with E-state index < -0.39 is 6.09 Å². The van der Waals surface area contributed by atoms with Gasteiger partial charge < -0.3 is 10.1 Å². The lowest BCUT2D eigenvalue weighted by atomic mass is 10.2. The summed E-state index contributed by atoms with van der Waals surface area (Å²) >= 11 is 0. The summed E-state index contributed by atoms with van der Waals surface area (Å²) in [7, 11) is 1.85. The molecule has 0 aliphatic rings. The fourth-order valence-electron chi connectivity index (χ4n) is 1.71. The van der Waals surface area contributed by atoms with Crippen molar-refractivity contribution in [3.05, 3.63) is 36.2 Å². The summed E-state index contributed by atoms with van der Waals surface area (Å²) in [5, 5.41) is 6.96. The molecular formula is C13H16N4O2. The maximum Gasteiger partial charge on any atom is 0.407 e. The van der Waals surface area contributed by atoms with Gasteiger partial charge in [0.05, 0.1) is 30.2 Å². The van der Waals surface area contributed by atoms with Gasteiger partial charge in [-0.25, -0.2) is 4.79 Å². The van der Waals surface area contributed by atoms with Crippen LogP contribution in [0.2, 0.25) is 0 Å². The molecule has 0 fully saturated rings. The van der Waals surface area contributed by atoms with Crippen LogP contribution in [0.4, 0.5) is 4.79 Å². The molecule has 2 heterocycles. The highest BCUT2D eigenvalue weighted by molar-refractivity contribution is 5.67. The first-order chi connectivity index (χ1) is 9.20. The first kappa shape index (κ1) is 13.1. The number of carbonyl (C=O) groups is 1. The smallest absolute Gasteiger partial charge is 0.407 e. The van der Waals surface area contributed by atoms with E-state index in [0.717, 1.165) is 17.1 Å². The third kappa shape index (κ3) is 3.31. The average molecular weight is 260 g/mol. The molecule has 6 heteroatoms. The molecule has 100 valence electrons. The number of rotatable bonds is 4. The van der Waals surface area contributed by atoms with Crippen LogP contribution in [0.15, 0.2) is 30.5 Å². The molecule has 6 nitrogen and oxygen atoms in total. The fraction of sp³-hybridized carbons (Fsp3) is 0.308. The third-order valence-corrected chi connectivity index (χ3v) is 2.55. The number of pyridine rings is 1. The highest BCUT2D eigenvalue weighted by Gasteiger charge is 2.09. The van der Waals surface area contributed by atoms with Crippen LogP contribution in [0, 0.1) is 0 Å². The van der Waals surface area contributed by atoms with Crippen LogP contribution >= 0.6 is 0 Å². The minimum absolute atomic E-state index is 0.333. The first-order valence-corrected chi connectivity index (χ1v) is 6.05. The molecule has 0 aromatic carbocycles. The van der Waals surface area contributed by atoms with E-state index in [2.05, 4.69) is 15.4 Å². The number of aryl methyl sites for hydroxylation is 1. The average Bonchev–Trinajstić information content (AvgIpc) is 2.79. The minimum Gasteiger partial charge on any atom is -0.450 e. The Morgan fingerprint density at radius 2 is 2.32 bits per heavy atom. The number of amides is 1. The number of ether oxygens (including phenoxy) is 1. The predicted molar refractivity (Wildman–Crippen MR) is 70.3 cm³/mol. The number of alkyl carbamates (subject to hydrolysis) is 1. The molecule has 0 aliphatic heterocycles. The minimum atomic E-state index is -0.437. The van der Waals surface area contributed by atoms with Crippen molar-refractivity contribution in [2.45, 2.75) is 13.5 Å².